The van der Waals surface area contributed by atoms with Crippen molar-refractivity contribution >= 4 is 33.7 Å². The Bertz CT molecular complexity index is 745. The number of nitrogens with one attached hydrogen (secondary N) is 1. The number of thiophene rings is 1. The van der Waals surface area contributed by atoms with E-state index in [0.717, 1.165) is 22.6 Å². The van der Waals surface area contributed by atoms with Crippen molar-refractivity contribution in [2.45, 2.75) is 19.8 Å². The van der Waals surface area contributed by atoms with Crippen LogP contribution in [0.4, 0.5) is 5.13 Å². The number of hydrogen-bond acceptors (Lipinski definition) is 4. The highest BCUT2D eigenvalue weighted by Gasteiger charge is 2.09. The fraction of sp³-hybridized carbons (Fsp3) is 0.176. The second kappa shape index (κ2) is 6.85. The van der Waals surface area contributed by atoms with E-state index in [1.165, 1.54) is 16.9 Å². The fourth-order valence-electron chi connectivity index (χ4n) is 2.11. The number of benzene rings is 1. The molecule has 0 atom stereocenters. The standard InChI is InChI=1S/C17H16N2OS2/c1-2-12-5-7-13(8-6-12)10-16(20)19-17-18-14(11-22-17)15-4-3-9-21-15/h3-9,11H,2,10H2,1H3,(H,18,19,20). The number of anilines is 1. The SMILES string of the molecule is CCc1ccc(CC(=O)Nc2nc(-c3cccs3)cs2)cc1. The first-order valence-electron chi connectivity index (χ1n) is 7.11. The number of rotatable bonds is 5. The first kappa shape index (κ1) is 14.9. The topological polar surface area (TPSA) is 42.0 Å². The van der Waals surface area contributed by atoms with E-state index in [2.05, 4.69) is 29.4 Å². The highest BCUT2D eigenvalue weighted by atomic mass is 32.1. The molecule has 1 N–H and O–H groups in total. The Balaban J connectivity index is 1.61. The Hall–Kier alpha value is -1.98. The van der Waals surface area contributed by atoms with Crippen LogP contribution in [0.3, 0.4) is 0 Å². The van der Waals surface area contributed by atoms with E-state index >= 15 is 0 Å². The Labute approximate surface area is 137 Å². The van der Waals surface area contributed by atoms with Crippen molar-refractivity contribution in [3.63, 3.8) is 0 Å². The molecule has 0 radical (unpaired) electrons. The molecule has 1 amide bonds. The number of carbonyl (C=O) groups is 1. The van der Waals surface area contributed by atoms with E-state index in [-0.39, 0.29) is 5.91 Å². The predicted molar refractivity (Wildman–Crippen MR) is 93.6 cm³/mol. The zero-order valence-corrected chi connectivity index (χ0v) is 13.8. The molecule has 22 heavy (non-hydrogen) atoms. The maximum absolute atomic E-state index is 12.1. The van der Waals surface area contributed by atoms with Crippen LogP contribution in [-0.4, -0.2) is 10.9 Å². The normalized spacial score (nSPS) is 10.6. The van der Waals surface area contributed by atoms with Crippen LogP contribution in [0.25, 0.3) is 10.6 Å². The molecule has 0 unspecified atom stereocenters. The van der Waals surface area contributed by atoms with Gasteiger partial charge in [-0.1, -0.05) is 37.3 Å². The third kappa shape index (κ3) is 3.61. The fourth-order valence-corrected chi connectivity index (χ4v) is 3.60. The summed E-state index contributed by atoms with van der Waals surface area (Å²) in [6, 6.07) is 12.2. The predicted octanol–water partition coefficient (Wildman–Crippen LogP) is 4.62. The summed E-state index contributed by atoms with van der Waals surface area (Å²) in [5, 5.41) is 7.52. The maximum Gasteiger partial charge on any atom is 0.230 e. The molecule has 5 heteroatoms. The van der Waals surface area contributed by atoms with Gasteiger partial charge >= 0.3 is 0 Å². The average molecular weight is 328 g/mol. The van der Waals surface area contributed by atoms with Gasteiger partial charge in [0.05, 0.1) is 17.0 Å². The molecule has 0 aliphatic carbocycles. The van der Waals surface area contributed by atoms with E-state index < -0.39 is 0 Å². The summed E-state index contributed by atoms with van der Waals surface area (Å²) in [4.78, 5) is 17.7. The highest BCUT2D eigenvalue weighted by Crippen LogP contribution is 2.28. The number of aromatic nitrogens is 1. The lowest BCUT2D eigenvalue weighted by Crippen LogP contribution is -2.14. The van der Waals surface area contributed by atoms with Crippen molar-refractivity contribution < 1.29 is 4.79 Å². The molecule has 2 heterocycles. The van der Waals surface area contributed by atoms with Crippen molar-refractivity contribution in [2.75, 3.05) is 5.32 Å². The van der Waals surface area contributed by atoms with Crippen LogP contribution in [-0.2, 0) is 17.6 Å². The van der Waals surface area contributed by atoms with E-state index in [4.69, 9.17) is 0 Å². The third-order valence-electron chi connectivity index (χ3n) is 3.32. The molecule has 0 bridgehead atoms. The van der Waals surface area contributed by atoms with Gasteiger partial charge in [-0.15, -0.1) is 22.7 Å². The molecule has 112 valence electrons. The number of carbonyl (C=O) groups excluding carboxylic acids is 1. The molecule has 3 nitrogen and oxygen atoms in total. The van der Waals surface area contributed by atoms with Crippen LogP contribution in [0.2, 0.25) is 0 Å². The number of amides is 1. The minimum Gasteiger partial charge on any atom is -0.302 e. The number of nitrogens with zero attached hydrogens (tertiary/aromatic N) is 1. The van der Waals surface area contributed by atoms with Gasteiger partial charge in [0.1, 0.15) is 0 Å². The maximum atomic E-state index is 12.1. The number of thiazole rings is 1. The van der Waals surface area contributed by atoms with E-state index in [1.54, 1.807) is 11.3 Å². The van der Waals surface area contributed by atoms with E-state index in [9.17, 15) is 4.79 Å². The summed E-state index contributed by atoms with van der Waals surface area (Å²) in [6.45, 7) is 2.12. The average Bonchev–Trinajstić information content (AvgIpc) is 3.19. The van der Waals surface area contributed by atoms with Crippen LogP contribution < -0.4 is 5.32 Å². The van der Waals surface area contributed by atoms with Gasteiger partial charge in [-0.05, 0) is 29.0 Å². The molecule has 0 saturated heterocycles. The summed E-state index contributed by atoms with van der Waals surface area (Å²) in [6.07, 6.45) is 1.38. The zero-order valence-electron chi connectivity index (χ0n) is 12.2. The van der Waals surface area contributed by atoms with Crippen molar-refractivity contribution in [2.24, 2.45) is 0 Å². The highest BCUT2D eigenvalue weighted by molar-refractivity contribution is 7.16. The number of hydrogen-bond donors (Lipinski definition) is 1. The lowest BCUT2D eigenvalue weighted by atomic mass is 10.1. The lowest BCUT2D eigenvalue weighted by molar-refractivity contribution is -0.115. The quantitative estimate of drug-likeness (QED) is 0.743. The van der Waals surface area contributed by atoms with Gasteiger partial charge in [-0.3, -0.25) is 4.79 Å². The summed E-state index contributed by atoms with van der Waals surface area (Å²) >= 11 is 3.10. The largest absolute Gasteiger partial charge is 0.302 e. The number of aryl methyl sites for hydroxylation is 1. The van der Waals surface area contributed by atoms with Crippen molar-refractivity contribution in [3.05, 3.63) is 58.3 Å². The minimum atomic E-state index is -0.0312. The molecule has 3 rings (SSSR count). The van der Waals surface area contributed by atoms with Gasteiger partial charge in [0.25, 0.3) is 0 Å². The second-order valence-electron chi connectivity index (χ2n) is 4.91. The van der Waals surface area contributed by atoms with Crippen LogP contribution in [0, 0.1) is 0 Å². The van der Waals surface area contributed by atoms with Gasteiger partial charge < -0.3 is 5.32 Å². The summed E-state index contributed by atoms with van der Waals surface area (Å²) in [5.41, 5.74) is 3.22. The molecule has 0 aliphatic rings. The minimum absolute atomic E-state index is 0.0312. The molecule has 0 spiro atoms. The Morgan fingerprint density at radius 1 is 1.14 bits per heavy atom. The third-order valence-corrected chi connectivity index (χ3v) is 4.97. The smallest absolute Gasteiger partial charge is 0.230 e. The monoisotopic (exact) mass is 328 g/mol. The van der Waals surface area contributed by atoms with E-state index in [0.29, 0.717) is 11.6 Å². The first-order chi connectivity index (χ1) is 10.7. The van der Waals surface area contributed by atoms with Crippen LogP contribution >= 0.6 is 22.7 Å². The lowest BCUT2D eigenvalue weighted by Gasteiger charge is -2.03. The van der Waals surface area contributed by atoms with Crippen molar-refractivity contribution in [1.82, 2.24) is 4.98 Å². The molecule has 1 aromatic carbocycles. The molecule has 2 aromatic heterocycles. The molecule has 0 aliphatic heterocycles. The van der Waals surface area contributed by atoms with Gasteiger partial charge in [0, 0.05) is 5.38 Å². The van der Waals surface area contributed by atoms with Gasteiger partial charge in [0.2, 0.25) is 5.91 Å². The zero-order chi connectivity index (χ0) is 15.4. The van der Waals surface area contributed by atoms with Gasteiger partial charge in [0.15, 0.2) is 5.13 Å². The van der Waals surface area contributed by atoms with Gasteiger partial charge in [-0.2, -0.15) is 0 Å². The Morgan fingerprint density at radius 2 is 1.91 bits per heavy atom. The van der Waals surface area contributed by atoms with Gasteiger partial charge in [-0.25, -0.2) is 4.98 Å². The Morgan fingerprint density at radius 3 is 2.59 bits per heavy atom. The van der Waals surface area contributed by atoms with Crippen LogP contribution in [0.1, 0.15) is 18.1 Å². The second-order valence-corrected chi connectivity index (χ2v) is 6.72. The summed E-state index contributed by atoms with van der Waals surface area (Å²) < 4.78 is 0. The summed E-state index contributed by atoms with van der Waals surface area (Å²) in [5.74, 6) is -0.0312. The Kier molecular flexibility index (Phi) is 4.65. The summed E-state index contributed by atoms with van der Waals surface area (Å²) in [7, 11) is 0. The molecular formula is C17H16N2OS2. The first-order valence-corrected chi connectivity index (χ1v) is 8.87. The molecular weight excluding hydrogens is 312 g/mol. The molecule has 0 saturated carbocycles. The van der Waals surface area contributed by atoms with E-state index in [1.807, 2.05) is 35.0 Å². The van der Waals surface area contributed by atoms with Crippen LogP contribution in [0.5, 0.6) is 0 Å². The van der Waals surface area contributed by atoms with Crippen molar-refractivity contribution in [3.8, 4) is 10.6 Å². The molecule has 0 fully saturated rings. The van der Waals surface area contributed by atoms with Crippen LogP contribution in [0.15, 0.2) is 47.2 Å². The molecule has 3 aromatic rings. The van der Waals surface area contributed by atoms with Crippen molar-refractivity contribution in [1.29, 1.82) is 0 Å².